The first-order valence-electron chi connectivity index (χ1n) is 6.31. The molecule has 0 aromatic heterocycles. The summed E-state index contributed by atoms with van der Waals surface area (Å²) >= 11 is 5.71. The van der Waals surface area contributed by atoms with E-state index in [2.05, 4.69) is 5.32 Å². The van der Waals surface area contributed by atoms with Crippen LogP contribution >= 0.6 is 11.6 Å². The summed E-state index contributed by atoms with van der Waals surface area (Å²) in [5, 5.41) is 12.1. The highest BCUT2D eigenvalue weighted by molar-refractivity contribution is 6.31. The van der Waals surface area contributed by atoms with Crippen LogP contribution in [0.1, 0.15) is 21.5 Å². The number of hydrogen-bond donors (Lipinski definition) is 2. The first kappa shape index (κ1) is 17.1. The van der Waals surface area contributed by atoms with Crippen LogP contribution in [-0.2, 0) is 12.7 Å². The molecule has 0 atom stereocenters. The molecule has 1 amide bonds. The minimum Gasteiger partial charge on any atom is -0.507 e. The Bertz CT molecular complexity index is 747. The molecule has 0 saturated heterocycles. The molecular formula is C15H10ClF4NO2. The lowest BCUT2D eigenvalue weighted by Crippen LogP contribution is -2.23. The number of rotatable bonds is 3. The number of halogens is 5. The maximum absolute atomic E-state index is 13.2. The van der Waals surface area contributed by atoms with Gasteiger partial charge in [0, 0.05) is 11.6 Å². The van der Waals surface area contributed by atoms with Crippen LogP contribution in [0.5, 0.6) is 5.75 Å². The summed E-state index contributed by atoms with van der Waals surface area (Å²) in [4.78, 5) is 11.9. The van der Waals surface area contributed by atoms with Crippen molar-refractivity contribution in [1.82, 2.24) is 5.32 Å². The number of carbonyl (C=O) groups is 1. The van der Waals surface area contributed by atoms with E-state index in [4.69, 9.17) is 11.6 Å². The molecule has 0 fully saturated rings. The van der Waals surface area contributed by atoms with Gasteiger partial charge in [-0.2, -0.15) is 13.2 Å². The number of hydrogen-bond acceptors (Lipinski definition) is 2. The molecule has 8 heteroatoms. The van der Waals surface area contributed by atoms with Crippen molar-refractivity contribution in [2.24, 2.45) is 0 Å². The Morgan fingerprint density at radius 3 is 2.52 bits per heavy atom. The minimum atomic E-state index is -4.82. The second kappa shape index (κ2) is 6.45. The Hall–Kier alpha value is -2.28. The summed E-state index contributed by atoms with van der Waals surface area (Å²) in [6.07, 6.45) is -4.82. The summed E-state index contributed by atoms with van der Waals surface area (Å²) in [6, 6.07) is 6.25. The van der Waals surface area contributed by atoms with Gasteiger partial charge in [-0.25, -0.2) is 4.39 Å². The molecule has 0 bridgehead atoms. The van der Waals surface area contributed by atoms with Crippen molar-refractivity contribution in [3.8, 4) is 5.75 Å². The van der Waals surface area contributed by atoms with Gasteiger partial charge in [-0.1, -0.05) is 17.7 Å². The molecule has 0 aliphatic carbocycles. The van der Waals surface area contributed by atoms with E-state index in [1.54, 1.807) is 0 Å². The van der Waals surface area contributed by atoms with Crippen molar-refractivity contribution in [1.29, 1.82) is 0 Å². The van der Waals surface area contributed by atoms with Crippen molar-refractivity contribution in [3.05, 3.63) is 63.9 Å². The Balaban J connectivity index is 2.15. The molecule has 0 unspecified atom stereocenters. The topological polar surface area (TPSA) is 49.3 Å². The summed E-state index contributed by atoms with van der Waals surface area (Å²) < 4.78 is 51.0. The van der Waals surface area contributed by atoms with E-state index < -0.39 is 23.5 Å². The first-order chi connectivity index (χ1) is 10.7. The van der Waals surface area contributed by atoms with Crippen molar-refractivity contribution in [2.75, 3.05) is 0 Å². The van der Waals surface area contributed by atoms with Gasteiger partial charge in [0.05, 0.1) is 11.1 Å². The average molecular weight is 348 g/mol. The second-order valence-electron chi connectivity index (χ2n) is 4.66. The van der Waals surface area contributed by atoms with Gasteiger partial charge in [0.25, 0.3) is 5.91 Å². The van der Waals surface area contributed by atoms with Gasteiger partial charge >= 0.3 is 6.18 Å². The third-order valence-electron chi connectivity index (χ3n) is 2.99. The fourth-order valence-corrected chi connectivity index (χ4v) is 2.04. The monoisotopic (exact) mass is 347 g/mol. The van der Waals surface area contributed by atoms with Gasteiger partial charge in [-0.05, 0) is 35.9 Å². The molecule has 0 saturated carbocycles. The zero-order valence-electron chi connectivity index (χ0n) is 11.4. The number of amides is 1. The predicted molar refractivity (Wildman–Crippen MR) is 75.7 cm³/mol. The van der Waals surface area contributed by atoms with Crippen LogP contribution in [0.2, 0.25) is 5.02 Å². The summed E-state index contributed by atoms with van der Waals surface area (Å²) in [5.41, 5.74) is -1.46. The molecule has 23 heavy (non-hydrogen) atoms. The molecule has 0 aliphatic rings. The van der Waals surface area contributed by atoms with Crippen molar-refractivity contribution in [2.45, 2.75) is 12.7 Å². The summed E-state index contributed by atoms with van der Waals surface area (Å²) in [7, 11) is 0. The molecule has 0 heterocycles. The fraction of sp³-hybridized carbons (Fsp3) is 0.133. The highest BCUT2D eigenvalue weighted by atomic mass is 35.5. The standard InChI is InChI=1S/C15H10ClF4NO2/c16-9-2-4-13(22)10(6-9)14(23)21-7-8-1-3-12(17)11(5-8)15(18,19)20/h1-6,22H,7H2,(H,21,23). The second-order valence-corrected chi connectivity index (χ2v) is 5.09. The molecule has 0 radical (unpaired) electrons. The number of nitrogens with one attached hydrogen (secondary N) is 1. The normalized spacial score (nSPS) is 11.3. The zero-order valence-corrected chi connectivity index (χ0v) is 12.2. The molecule has 2 aromatic carbocycles. The maximum atomic E-state index is 13.2. The van der Waals surface area contributed by atoms with E-state index in [1.165, 1.54) is 18.2 Å². The number of carbonyl (C=O) groups excluding carboxylic acids is 1. The summed E-state index contributed by atoms with van der Waals surface area (Å²) in [6.45, 7) is -0.270. The van der Waals surface area contributed by atoms with E-state index in [-0.39, 0.29) is 28.4 Å². The number of phenols is 1. The van der Waals surface area contributed by atoms with Crippen LogP contribution in [0.4, 0.5) is 17.6 Å². The van der Waals surface area contributed by atoms with E-state index >= 15 is 0 Å². The smallest absolute Gasteiger partial charge is 0.419 e. The Kier molecular flexibility index (Phi) is 4.79. The van der Waals surface area contributed by atoms with Crippen LogP contribution in [0.15, 0.2) is 36.4 Å². The quantitative estimate of drug-likeness (QED) is 0.820. The highest BCUT2D eigenvalue weighted by Crippen LogP contribution is 2.32. The van der Waals surface area contributed by atoms with E-state index in [9.17, 15) is 27.5 Å². The minimum absolute atomic E-state index is 0.0635. The van der Waals surface area contributed by atoms with Gasteiger partial charge in [-0.15, -0.1) is 0 Å². The number of aromatic hydroxyl groups is 1. The predicted octanol–water partition coefficient (Wildman–Crippen LogP) is 4.13. The molecular weight excluding hydrogens is 338 g/mol. The fourth-order valence-electron chi connectivity index (χ4n) is 1.87. The van der Waals surface area contributed by atoms with Crippen LogP contribution in [0.3, 0.4) is 0 Å². The van der Waals surface area contributed by atoms with Gasteiger partial charge in [0.1, 0.15) is 11.6 Å². The van der Waals surface area contributed by atoms with E-state index in [1.807, 2.05) is 0 Å². The SMILES string of the molecule is O=C(NCc1ccc(F)c(C(F)(F)F)c1)c1cc(Cl)ccc1O. The lowest BCUT2D eigenvalue weighted by atomic mass is 10.1. The van der Waals surface area contributed by atoms with Crippen LogP contribution in [0.25, 0.3) is 0 Å². The maximum Gasteiger partial charge on any atom is 0.419 e. The van der Waals surface area contributed by atoms with Gasteiger partial charge in [0.2, 0.25) is 0 Å². The van der Waals surface area contributed by atoms with Crippen molar-refractivity contribution in [3.63, 3.8) is 0 Å². The number of phenolic OH excluding ortho intramolecular Hbond substituents is 1. The third-order valence-corrected chi connectivity index (χ3v) is 3.23. The molecule has 2 rings (SSSR count). The van der Waals surface area contributed by atoms with Gasteiger partial charge in [0.15, 0.2) is 0 Å². The lowest BCUT2D eigenvalue weighted by molar-refractivity contribution is -0.140. The molecule has 0 aliphatic heterocycles. The van der Waals surface area contributed by atoms with Crippen LogP contribution in [-0.4, -0.2) is 11.0 Å². The number of benzene rings is 2. The molecule has 2 aromatic rings. The Morgan fingerprint density at radius 2 is 1.87 bits per heavy atom. The van der Waals surface area contributed by atoms with E-state index in [0.717, 1.165) is 6.07 Å². The highest BCUT2D eigenvalue weighted by Gasteiger charge is 2.34. The van der Waals surface area contributed by atoms with Crippen LogP contribution in [0, 0.1) is 5.82 Å². The summed E-state index contributed by atoms with van der Waals surface area (Å²) in [5.74, 6) is -2.43. The Morgan fingerprint density at radius 1 is 1.17 bits per heavy atom. The molecule has 2 N–H and O–H groups in total. The van der Waals surface area contributed by atoms with Crippen LogP contribution < -0.4 is 5.32 Å². The number of alkyl halides is 3. The zero-order chi connectivity index (χ0) is 17.2. The largest absolute Gasteiger partial charge is 0.507 e. The average Bonchev–Trinajstić information content (AvgIpc) is 2.47. The lowest BCUT2D eigenvalue weighted by Gasteiger charge is -2.11. The molecule has 3 nitrogen and oxygen atoms in total. The third kappa shape index (κ3) is 4.13. The van der Waals surface area contributed by atoms with Crippen molar-refractivity contribution >= 4 is 17.5 Å². The Labute approximate surface area is 133 Å². The molecule has 122 valence electrons. The first-order valence-corrected chi connectivity index (χ1v) is 6.68. The van der Waals surface area contributed by atoms with Crippen molar-refractivity contribution < 1.29 is 27.5 Å². The van der Waals surface area contributed by atoms with Gasteiger partial charge in [-0.3, -0.25) is 4.79 Å². The van der Waals surface area contributed by atoms with E-state index in [0.29, 0.717) is 12.1 Å². The van der Waals surface area contributed by atoms with Gasteiger partial charge < -0.3 is 10.4 Å². The molecule has 0 spiro atoms.